The van der Waals surface area contributed by atoms with Crippen LogP contribution in [-0.2, 0) is 0 Å². The zero-order chi connectivity index (χ0) is 13.7. The summed E-state index contributed by atoms with van der Waals surface area (Å²) in [6.07, 6.45) is 3.20. The van der Waals surface area contributed by atoms with Gasteiger partial charge in [0.1, 0.15) is 0 Å². The normalized spacial score (nSPS) is 20.1. The monoisotopic (exact) mass is 260 g/mol. The van der Waals surface area contributed by atoms with E-state index in [1.54, 1.807) is 0 Å². The van der Waals surface area contributed by atoms with Crippen molar-refractivity contribution >= 4 is 5.78 Å². The maximum absolute atomic E-state index is 12.0. The maximum atomic E-state index is 12.0. The summed E-state index contributed by atoms with van der Waals surface area (Å²) in [4.78, 5) is 16.7. The Hall–Kier alpha value is -1.19. The van der Waals surface area contributed by atoms with Crippen molar-refractivity contribution in [2.24, 2.45) is 0 Å². The second-order valence-corrected chi connectivity index (χ2v) is 5.58. The molecule has 0 bridgehead atoms. The molecule has 1 heterocycles. The lowest BCUT2D eigenvalue weighted by Crippen LogP contribution is -2.37. The Morgan fingerprint density at radius 1 is 1.37 bits per heavy atom. The number of Topliss-reactive ketones (excluding diaryl/α,β-unsaturated/α-hetero) is 1. The quantitative estimate of drug-likeness (QED) is 0.733. The molecule has 0 aromatic heterocycles. The van der Waals surface area contributed by atoms with Gasteiger partial charge in [0.15, 0.2) is 5.78 Å². The molecule has 0 N–H and O–H groups in total. The number of rotatable bonds is 6. The van der Waals surface area contributed by atoms with E-state index in [2.05, 4.69) is 23.9 Å². The molecule has 1 fully saturated rings. The maximum Gasteiger partial charge on any atom is 0.164 e. The van der Waals surface area contributed by atoms with Crippen LogP contribution >= 0.6 is 0 Å². The standard InChI is InChI=1S/C16H24N2O/c1-17(13-15-9-6-11-18(15)2)12-10-16(19)14-7-4-3-5-8-14/h3-5,7-8,15H,6,9-13H2,1-2H3. The Labute approximate surface area is 116 Å². The molecule has 3 heteroatoms. The molecule has 1 atom stereocenters. The Kier molecular flexibility index (Phi) is 5.11. The van der Waals surface area contributed by atoms with Crippen molar-refractivity contribution < 1.29 is 4.79 Å². The first-order valence-corrected chi connectivity index (χ1v) is 7.14. The Morgan fingerprint density at radius 3 is 2.74 bits per heavy atom. The third kappa shape index (κ3) is 4.15. The molecule has 1 aromatic rings. The van der Waals surface area contributed by atoms with Gasteiger partial charge in [-0.25, -0.2) is 0 Å². The minimum Gasteiger partial charge on any atom is -0.304 e. The summed E-state index contributed by atoms with van der Waals surface area (Å²) < 4.78 is 0. The smallest absolute Gasteiger partial charge is 0.164 e. The highest BCUT2D eigenvalue weighted by molar-refractivity contribution is 5.96. The summed E-state index contributed by atoms with van der Waals surface area (Å²) in [6.45, 7) is 3.12. The Balaban J connectivity index is 1.74. The summed E-state index contributed by atoms with van der Waals surface area (Å²) in [6, 6.07) is 10.2. The average Bonchev–Trinajstić information content (AvgIpc) is 2.82. The molecule has 3 nitrogen and oxygen atoms in total. The van der Waals surface area contributed by atoms with Gasteiger partial charge in [-0.3, -0.25) is 4.79 Å². The van der Waals surface area contributed by atoms with E-state index in [0.29, 0.717) is 12.5 Å². The number of nitrogens with zero attached hydrogens (tertiary/aromatic N) is 2. The van der Waals surface area contributed by atoms with Gasteiger partial charge in [0.25, 0.3) is 0 Å². The van der Waals surface area contributed by atoms with Crippen LogP contribution in [0.15, 0.2) is 30.3 Å². The van der Waals surface area contributed by atoms with Crippen molar-refractivity contribution in [2.45, 2.75) is 25.3 Å². The Morgan fingerprint density at radius 2 is 2.11 bits per heavy atom. The van der Waals surface area contributed by atoms with Crippen LogP contribution in [0.2, 0.25) is 0 Å². The number of ketones is 1. The summed E-state index contributed by atoms with van der Waals surface area (Å²) in [5.41, 5.74) is 0.828. The molecule has 1 saturated heterocycles. The second kappa shape index (κ2) is 6.83. The molecule has 1 aliphatic rings. The minimum absolute atomic E-state index is 0.243. The van der Waals surface area contributed by atoms with Crippen molar-refractivity contribution in [1.29, 1.82) is 0 Å². The number of hydrogen-bond donors (Lipinski definition) is 0. The van der Waals surface area contributed by atoms with Gasteiger partial charge in [0, 0.05) is 31.1 Å². The van der Waals surface area contributed by atoms with Crippen LogP contribution in [0.4, 0.5) is 0 Å². The molecule has 19 heavy (non-hydrogen) atoms. The topological polar surface area (TPSA) is 23.6 Å². The SMILES string of the molecule is CN(CCC(=O)c1ccccc1)CC1CCCN1C. The first-order valence-electron chi connectivity index (χ1n) is 7.14. The third-order valence-electron chi connectivity index (χ3n) is 4.01. The van der Waals surface area contributed by atoms with Crippen molar-refractivity contribution in [3.63, 3.8) is 0 Å². The van der Waals surface area contributed by atoms with E-state index in [0.717, 1.165) is 18.7 Å². The fourth-order valence-corrected chi connectivity index (χ4v) is 2.72. The Bertz CT molecular complexity index is 404. The molecule has 0 saturated carbocycles. The van der Waals surface area contributed by atoms with E-state index < -0.39 is 0 Å². The fraction of sp³-hybridized carbons (Fsp3) is 0.562. The van der Waals surface area contributed by atoms with E-state index in [1.165, 1.54) is 19.4 Å². The van der Waals surface area contributed by atoms with Crippen molar-refractivity contribution in [1.82, 2.24) is 9.80 Å². The molecular formula is C16H24N2O. The first-order chi connectivity index (χ1) is 9.16. The van der Waals surface area contributed by atoms with Crippen LogP contribution < -0.4 is 0 Å². The largest absolute Gasteiger partial charge is 0.304 e. The molecule has 0 amide bonds. The number of hydrogen-bond acceptors (Lipinski definition) is 3. The molecule has 1 unspecified atom stereocenters. The van der Waals surface area contributed by atoms with Crippen LogP contribution in [0.3, 0.4) is 0 Å². The van der Waals surface area contributed by atoms with Gasteiger partial charge < -0.3 is 9.80 Å². The summed E-state index contributed by atoms with van der Waals surface area (Å²) in [5.74, 6) is 0.243. The van der Waals surface area contributed by atoms with Gasteiger partial charge in [0.05, 0.1) is 0 Å². The highest BCUT2D eigenvalue weighted by atomic mass is 16.1. The summed E-state index contributed by atoms with van der Waals surface area (Å²) in [5, 5.41) is 0. The van der Waals surface area contributed by atoms with Crippen molar-refractivity contribution in [3.8, 4) is 0 Å². The van der Waals surface area contributed by atoms with Gasteiger partial charge in [-0.05, 0) is 33.5 Å². The fourth-order valence-electron chi connectivity index (χ4n) is 2.72. The van der Waals surface area contributed by atoms with Crippen molar-refractivity contribution in [2.75, 3.05) is 33.7 Å². The number of likely N-dealkylation sites (tertiary alicyclic amines) is 1. The zero-order valence-corrected chi connectivity index (χ0v) is 12.0. The van der Waals surface area contributed by atoms with E-state index in [9.17, 15) is 4.79 Å². The second-order valence-electron chi connectivity index (χ2n) is 5.58. The van der Waals surface area contributed by atoms with Crippen LogP contribution in [-0.4, -0.2) is 55.4 Å². The number of carbonyl (C=O) groups excluding carboxylic acids is 1. The van der Waals surface area contributed by atoms with Crippen LogP contribution in [0, 0.1) is 0 Å². The lowest BCUT2D eigenvalue weighted by molar-refractivity contribution is 0.0964. The van der Waals surface area contributed by atoms with Gasteiger partial charge in [-0.2, -0.15) is 0 Å². The van der Waals surface area contributed by atoms with Crippen LogP contribution in [0.25, 0.3) is 0 Å². The van der Waals surface area contributed by atoms with Crippen LogP contribution in [0.5, 0.6) is 0 Å². The lowest BCUT2D eigenvalue weighted by Gasteiger charge is -2.25. The molecular weight excluding hydrogens is 236 g/mol. The molecule has 0 spiro atoms. The predicted octanol–water partition coefficient (Wildman–Crippen LogP) is 2.29. The van der Waals surface area contributed by atoms with Gasteiger partial charge in [-0.1, -0.05) is 30.3 Å². The lowest BCUT2D eigenvalue weighted by atomic mass is 10.1. The van der Waals surface area contributed by atoms with E-state index in [1.807, 2.05) is 30.3 Å². The number of likely N-dealkylation sites (N-methyl/N-ethyl adjacent to an activating group) is 2. The molecule has 0 aliphatic carbocycles. The highest BCUT2D eigenvalue weighted by Gasteiger charge is 2.22. The third-order valence-corrected chi connectivity index (χ3v) is 4.01. The van der Waals surface area contributed by atoms with Gasteiger partial charge in [-0.15, -0.1) is 0 Å². The van der Waals surface area contributed by atoms with E-state index in [4.69, 9.17) is 0 Å². The number of carbonyl (C=O) groups is 1. The molecule has 2 rings (SSSR count). The molecule has 1 aromatic carbocycles. The van der Waals surface area contributed by atoms with E-state index >= 15 is 0 Å². The zero-order valence-electron chi connectivity index (χ0n) is 12.0. The van der Waals surface area contributed by atoms with Crippen LogP contribution in [0.1, 0.15) is 29.6 Å². The minimum atomic E-state index is 0.243. The van der Waals surface area contributed by atoms with Gasteiger partial charge >= 0.3 is 0 Å². The summed E-state index contributed by atoms with van der Waals surface area (Å²) in [7, 11) is 4.31. The molecule has 1 aliphatic heterocycles. The number of benzene rings is 1. The molecule has 0 radical (unpaired) electrons. The average molecular weight is 260 g/mol. The predicted molar refractivity (Wildman–Crippen MR) is 78.5 cm³/mol. The van der Waals surface area contributed by atoms with Crippen molar-refractivity contribution in [3.05, 3.63) is 35.9 Å². The first kappa shape index (κ1) is 14.2. The summed E-state index contributed by atoms with van der Waals surface area (Å²) >= 11 is 0. The highest BCUT2D eigenvalue weighted by Crippen LogP contribution is 2.15. The van der Waals surface area contributed by atoms with E-state index in [-0.39, 0.29) is 5.78 Å². The van der Waals surface area contributed by atoms with Gasteiger partial charge in [0.2, 0.25) is 0 Å². The molecule has 104 valence electrons.